The summed E-state index contributed by atoms with van der Waals surface area (Å²) in [5, 5.41) is 3.17. The average Bonchev–Trinajstić information content (AvgIpc) is 2.93. The van der Waals surface area contributed by atoms with E-state index in [0.717, 1.165) is 38.0 Å². The Morgan fingerprint density at radius 1 is 1.44 bits per heavy atom. The molecule has 0 aromatic heterocycles. The molecular formula is C13H24N2O. The smallest absolute Gasteiger partial charge is 0.227 e. The molecule has 0 radical (unpaired) electrons. The summed E-state index contributed by atoms with van der Waals surface area (Å²) in [6, 6.07) is 0.323. The van der Waals surface area contributed by atoms with Gasteiger partial charge in [0.2, 0.25) is 5.91 Å². The number of hydrogen-bond donors (Lipinski definition) is 2. The van der Waals surface area contributed by atoms with Gasteiger partial charge in [0.15, 0.2) is 0 Å². The van der Waals surface area contributed by atoms with Crippen LogP contribution < -0.4 is 11.1 Å². The van der Waals surface area contributed by atoms with Crippen molar-refractivity contribution in [2.75, 3.05) is 6.54 Å². The van der Waals surface area contributed by atoms with Crippen molar-refractivity contribution in [3.8, 4) is 0 Å². The molecule has 3 heteroatoms. The number of amides is 1. The van der Waals surface area contributed by atoms with Gasteiger partial charge in [-0.1, -0.05) is 25.7 Å². The molecule has 0 aliphatic heterocycles. The number of carbonyl (C=O) groups is 1. The van der Waals surface area contributed by atoms with Crippen LogP contribution in [-0.2, 0) is 4.79 Å². The third-order valence-corrected chi connectivity index (χ3v) is 4.19. The van der Waals surface area contributed by atoms with Crippen molar-refractivity contribution >= 4 is 5.91 Å². The Kier molecular flexibility index (Phi) is 3.53. The van der Waals surface area contributed by atoms with Gasteiger partial charge in [0.1, 0.15) is 0 Å². The third-order valence-electron chi connectivity index (χ3n) is 4.19. The second-order valence-corrected chi connectivity index (χ2v) is 5.75. The Hall–Kier alpha value is -0.570. The van der Waals surface area contributed by atoms with E-state index < -0.39 is 0 Å². The summed E-state index contributed by atoms with van der Waals surface area (Å²) in [4.78, 5) is 12.2. The maximum absolute atomic E-state index is 12.2. The number of carbonyl (C=O) groups excluding carboxylic acids is 1. The predicted molar refractivity (Wildman–Crippen MR) is 64.9 cm³/mol. The molecule has 3 nitrogen and oxygen atoms in total. The van der Waals surface area contributed by atoms with Gasteiger partial charge >= 0.3 is 0 Å². The molecule has 0 saturated heterocycles. The quantitative estimate of drug-likeness (QED) is 0.748. The Balaban J connectivity index is 1.84. The summed E-state index contributed by atoms with van der Waals surface area (Å²) in [7, 11) is 0. The van der Waals surface area contributed by atoms with Crippen molar-refractivity contribution in [2.45, 2.75) is 57.9 Å². The average molecular weight is 224 g/mol. The van der Waals surface area contributed by atoms with Crippen molar-refractivity contribution in [1.29, 1.82) is 0 Å². The minimum Gasteiger partial charge on any atom is -0.353 e. The molecule has 2 fully saturated rings. The fraction of sp³-hybridized carbons (Fsp3) is 0.923. The first-order valence-corrected chi connectivity index (χ1v) is 6.67. The normalized spacial score (nSPS) is 25.4. The van der Waals surface area contributed by atoms with Gasteiger partial charge in [-0.25, -0.2) is 0 Å². The number of nitrogens with one attached hydrogen (secondary N) is 1. The standard InChI is InChI=1S/C13H24N2O/c1-10(8-11-4-5-11)15-12(16)13(9-14)6-2-3-7-13/h10-11H,2-9,14H2,1H3,(H,15,16). The molecule has 0 aromatic rings. The van der Waals surface area contributed by atoms with Crippen LogP contribution in [-0.4, -0.2) is 18.5 Å². The van der Waals surface area contributed by atoms with Crippen LogP contribution in [0.3, 0.4) is 0 Å². The van der Waals surface area contributed by atoms with Gasteiger partial charge < -0.3 is 11.1 Å². The van der Waals surface area contributed by atoms with E-state index in [1.54, 1.807) is 0 Å². The molecule has 1 amide bonds. The lowest BCUT2D eigenvalue weighted by Gasteiger charge is -2.28. The van der Waals surface area contributed by atoms with E-state index in [4.69, 9.17) is 5.73 Å². The summed E-state index contributed by atoms with van der Waals surface area (Å²) in [5.41, 5.74) is 5.56. The molecule has 2 aliphatic rings. The first-order chi connectivity index (χ1) is 7.66. The SMILES string of the molecule is CC(CC1CC1)NC(=O)C1(CN)CCCC1. The largest absolute Gasteiger partial charge is 0.353 e. The molecule has 0 bridgehead atoms. The molecular weight excluding hydrogens is 200 g/mol. The van der Waals surface area contributed by atoms with Crippen molar-refractivity contribution in [3.05, 3.63) is 0 Å². The van der Waals surface area contributed by atoms with Gasteiger partial charge in [-0.05, 0) is 32.1 Å². The number of rotatable bonds is 5. The van der Waals surface area contributed by atoms with Crippen LogP contribution in [0, 0.1) is 11.3 Å². The van der Waals surface area contributed by atoms with Crippen LogP contribution in [0.15, 0.2) is 0 Å². The van der Waals surface area contributed by atoms with Crippen LogP contribution in [0.25, 0.3) is 0 Å². The lowest BCUT2D eigenvalue weighted by Crippen LogP contribution is -2.47. The first-order valence-electron chi connectivity index (χ1n) is 6.67. The molecule has 0 spiro atoms. The topological polar surface area (TPSA) is 55.1 Å². The molecule has 3 N–H and O–H groups in total. The van der Waals surface area contributed by atoms with E-state index in [1.165, 1.54) is 12.8 Å². The lowest BCUT2D eigenvalue weighted by molar-refractivity contribution is -0.131. The third kappa shape index (κ3) is 2.57. The fourth-order valence-electron chi connectivity index (χ4n) is 2.87. The van der Waals surface area contributed by atoms with Crippen LogP contribution in [0.5, 0.6) is 0 Å². The van der Waals surface area contributed by atoms with Crippen LogP contribution in [0.2, 0.25) is 0 Å². The van der Waals surface area contributed by atoms with Crippen LogP contribution in [0.1, 0.15) is 51.9 Å². The predicted octanol–water partition coefficient (Wildman–Crippen LogP) is 1.81. The Morgan fingerprint density at radius 3 is 2.56 bits per heavy atom. The van der Waals surface area contributed by atoms with Gasteiger partial charge in [-0.3, -0.25) is 4.79 Å². The molecule has 1 unspecified atom stereocenters. The zero-order valence-corrected chi connectivity index (χ0v) is 10.3. The lowest BCUT2D eigenvalue weighted by atomic mass is 9.85. The second-order valence-electron chi connectivity index (χ2n) is 5.75. The molecule has 16 heavy (non-hydrogen) atoms. The maximum atomic E-state index is 12.2. The maximum Gasteiger partial charge on any atom is 0.227 e. The van der Waals surface area contributed by atoms with Gasteiger partial charge in [0.05, 0.1) is 5.41 Å². The Morgan fingerprint density at radius 2 is 2.06 bits per heavy atom. The van der Waals surface area contributed by atoms with Crippen molar-refractivity contribution in [3.63, 3.8) is 0 Å². The van der Waals surface area contributed by atoms with E-state index in [2.05, 4.69) is 12.2 Å². The van der Waals surface area contributed by atoms with E-state index in [0.29, 0.717) is 12.6 Å². The van der Waals surface area contributed by atoms with Crippen molar-refractivity contribution in [1.82, 2.24) is 5.32 Å². The number of hydrogen-bond acceptors (Lipinski definition) is 2. The van der Waals surface area contributed by atoms with Crippen LogP contribution in [0.4, 0.5) is 0 Å². The second kappa shape index (κ2) is 4.74. The minimum atomic E-state index is -0.238. The molecule has 2 rings (SSSR count). The van der Waals surface area contributed by atoms with E-state index >= 15 is 0 Å². The molecule has 0 heterocycles. The zero-order valence-electron chi connectivity index (χ0n) is 10.3. The van der Waals surface area contributed by atoms with E-state index in [9.17, 15) is 4.79 Å². The summed E-state index contributed by atoms with van der Waals surface area (Å²) >= 11 is 0. The van der Waals surface area contributed by atoms with Gasteiger partial charge in [0.25, 0.3) is 0 Å². The van der Waals surface area contributed by atoms with E-state index in [-0.39, 0.29) is 11.3 Å². The summed E-state index contributed by atoms with van der Waals surface area (Å²) in [6.45, 7) is 2.63. The summed E-state index contributed by atoms with van der Waals surface area (Å²) < 4.78 is 0. The highest BCUT2D eigenvalue weighted by molar-refractivity contribution is 5.83. The molecule has 92 valence electrons. The molecule has 2 aliphatic carbocycles. The minimum absolute atomic E-state index is 0.209. The highest BCUT2D eigenvalue weighted by Gasteiger charge is 2.40. The highest BCUT2D eigenvalue weighted by Crippen LogP contribution is 2.38. The van der Waals surface area contributed by atoms with Crippen molar-refractivity contribution in [2.24, 2.45) is 17.1 Å². The van der Waals surface area contributed by atoms with E-state index in [1.807, 2.05) is 0 Å². The molecule has 0 aromatic carbocycles. The molecule has 1 atom stereocenters. The molecule has 2 saturated carbocycles. The summed E-state index contributed by atoms with van der Waals surface area (Å²) in [6.07, 6.45) is 8.11. The summed E-state index contributed by atoms with van der Waals surface area (Å²) in [5.74, 6) is 1.08. The van der Waals surface area contributed by atoms with Crippen LogP contribution >= 0.6 is 0 Å². The monoisotopic (exact) mass is 224 g/mol. The van der Waals surface area contributed by atoms with Gasteiger partial charge in [-0.15, -0.1) is 0 Å². The van der Waals surface area contributed by atoms with Gasteiger partial charge in [-0.2, -0.15) is 0 Å². The highest BCUT2D eigenvalue weighted by atomic mass is 16.2. The first kappa shape index (κ1) is 11.9. The van der Waals surface area contributed by atoms with Gasteiger partial charge in [0, 0.05) is 12.6 Å². The Labute approximate surface area is 98.2 Å². The number of nitrogens with two attached hydrogens (primary N) is 1. The fourth-order valence-corrected chi connectivity index (χ4v) is 2.87. The zero-order chi connectivity index (χ0) is 11.6. The Bertz CT molecular complexity index is 255. The van der Waals surface area contributed by atoms with Crippen molar-refractivity contribution < 1.29 is 4.79 Å².